The van der Waals surface area contributed by atoms with Gasteiger partial charge in [0.05, 0.1) is 0 Å². The number of piperidine rings is 1. The van der Waals surface area contributed by atoms with Gasteiger partial charge in [0, 0.05) is 38.1 Å². The van der Waals surface area contributed by atoms with Gasteiger partial charge in [0.1, 0.15) is 5.75 Å². The van der Waals surface area contributed by atoms with Crippen LogP contribution in [0.2, 0.25) is 0 Å². The molecule has 3 rings (SSSR count). The van der Waals surface area contributed by atoms with Crippen LogP contribution in [0.4, 0.5) is 5.69 Å². The standard InChI is InChI=1S/C18H20N2O2/c1-14(21)22-18-4-2-15(3-5-18)16-8-12-20(13-9-16)17-6-10-19-11-7-17/h2-7,10-11,16H,8-9,12-13H2,1H3. The average molecular weight is 296 g/mol. The fourth-order valence-corrected chi connectivity index (χ4v) is 3.00. The highest BCUT2D eigenvalue weighted by molar-refractivity contribution is 5.69. The van der Waals surface area contributed by atoms with Crippen LogP contribution in [0.15, 0.2) is 48.8 Å². The molecule has 0 saturated carbocycles. The van der Waals surface area contributed by atoms with E-state index in [1.807, 2.05) is 24.5 Å². The molecular formula is C18H20N2O2. The molecule has 0 atom stereocenters. The van der Waals surface area contributed by atoms with E-state index in [0.717, 1.165) is 25.9 Å². The predicted molar refractivity (Wildman–Crippen MR) is 86.2 cm³/mol. The van der Waals surface area contributed by atoms with Gasteiger partial charge in [-0.05, 0) is 48.6 Å². The van der Waals surface area contributed by atoms with E-state index in [9.17, 15) is 4.79 Å². The summed E-state index contributed by atoms with van der Waals surface area (Å²) in [4.78, 5) is 17.4. The first-order valence-corrected chi connectivity index (χ1v) is 7.66. The number of benzene rings is 1. The third-order valence-electron chi connectivity index (χ3n) is 4.14. The van der Waals surface area contributed by atoms with E-state index < -0.39 is 0 Å². The highest BCUT2D eigenvalue weighted by Crippen LogP contribution is 2.31. The number of carbonyl (C=O) groups excluding carboxylic acids is 1. The van der Waals surface area contributed by atoms with Crippen molar-refractivity contribution in [3.05, 3.63) is 54.4 Å². The van der Waals surface area contributed by atoms with Gasteiger partial charge in [0.15, 0.2) is 0 Å². The summed E-state index contributed by atoms with van der Waals surface area (Å²) in [7, 11) is 0. The number of esters is 1. The molecule has 1 fully saturated rings. The lowest BCUT2D eigenvalue weighted by molar-refractivity contribution is -0.131. The van der Waals surface area contributed by atoms with E-state index in [-0.39, 0.29) is 5.97 Å². The molecule has 0 radical (unpaired) electrons. The molecule has 1 aliphatic rings. The minimum Gasteiger partial charge on any atom is -0.427 e. The first-order chi connectivity index (χ1) is 10.7. The normalized spacial score (nSPS) is 15.6. The van der Waals surface area contributed by atoms with Crippen molar-refractivity contribution >= 4 is 11.7 Å². The van der Waals surface area contributed by atoms with Crippen LogP contribution in [0.5, 0.6) is 5.75 Å². The Morgan fingerprint density at radius 1 is 1.09 bits per heavy atom. The van der Waals surface area contributed by atoms with Gasteiger partial charge in [-0.1, -0.05) is 12.1 Å². The largest absolute Gasteiger partial charge is 0.427 e. The van der Waals surface area contributed by atoms with Crippen LogP contribution in [-0.4, -0.2) is 24.0 Å². The fraction of sp³-hybridized carbons (Fsp3) is 0.333. The Balaban J connectivity index is 1.60. The second-order valence-electron chi connectivity index (χ2n) is 5.63. The Hall–Kier alpha value is -2.36. The molecular weight excluding hydrogens is 276 g/mol. The Morgan fingerprint density at radius 2 is 1.73 bits per heavy atom. The molecule has 1 saturated heterocycles. The lowest BCUT2D eigenvalue weighted by Crippen LogP contribution is -2.32. The molecule has 2 aromatic rings. The molecule has 0 N–H and O–H groups in total. The van der Waals surface area contributed by atoms with Crippen molar-refractivity contribution < 1.29 is 9.53 Å². The number of carbonyl (C=O) groups is 1. The van der Waals surface area contributed by atoms with Gasteiger partial charge in [-0.15, -0.1) is 0 Å². The molecule has 0 spiro atoms. The number of pyridine rings is 1. The van der Waals surface area contributed by atoms with Crippen LogP contribution in [0, 0.1) is 0 Å². The Kier molecular flexibility index (Phi) is 4.37. The van der Waals surface area contributed by atoms with Crippen molar-refractivity contribution in [2.75, 3.05) is 18.0 Å². The van der Waals surface area contributed by atoms with Crippen LogP contribution in [0.1, 0.15) is 31.2 Å². The maximum atomic E-state index is 10.9. The van der Waals surface area contributed by atoms with Gasteiger partial charge in [0.2, 0.25) is 0 Å². The van der Waals surface area contributed by atoms with E-state index in [4.69, 9.17) is 4.74 Å². The summed E-state index contributed by atoms with van der Waals surface area (Å²) in [6.45, 7) is 3.53. The van der Waals surface area contributed by atoms with Crippen molar-refractivity contribution in [3.8, 4) is 5.75 Å². The predicted octanol–water partition coefficient (Wildman–Crippen LogP) is 3.39. The zero-order valence-corrected chi connectivity index (χ0v) is 12.7. The number of nitrogens with zero attached hydrogens (tertiary/aromatic N) is 2. The monoisotopic (exact) mass is 296 g/mol. The number of rotatable bonds is 3. The minimum absolute atomic E-state index is 0.279. The van der Waals surface area contributed by atoms with Gasteiger partial charge in [0.25, 0.3) is 0 Å². The molecule has 1 aliphatic heterocycles. The summed E-state index contributed by atoms with van der Waals surface area (Å²) in [5.41, 5.74) is 2.57. The van der Waals surface area contributed by atoms with Crippen molar-refractivity contribution in [2.24, 2.45) is 0 Å². The van der Waals surface area contributed by atoms with E-state index in [1.54, 1.807) is 0 Å². The topological polar surface area (TPSA) is 42.4 Å². The van der Waals surface area contributed by atoms with Crippen molar-refractivity contribution in [2.45, 2.75) is 25.7 Å². The summed E-state index contributed by atoms with van der Waals surface area (Å²) in [6, 6.07) is 12.0. The number of aromatic nitrogens is 1. The molecule has 114 valence electrons. The molecule has 1 aromatic heterocycles. The van der Waals surface area contributed by atoms with Crippen LogP contribution in [0.3, 0.4) is 0 Å². The molecule has 22 heavy (non-hydrogen) atoms. The van der Waals surface area contributed by atoms with Crippen molar-refractivity contribution in [3.63, 3.8) is 0 Å². The first-order valence-electron chi connectivity index (χ1n) is 7.66. The summed E-state index contributed by atoms with van der Waals surface area (Å²) >= 11 is 0. The molecule has 1 aromatic carbocycles. The highest BCUT2D eigenvalue weighted by Gasteiger charge is 2.20. The van der Waals surface area contributed by atoms with Gasteiger partial charge < -0.3 is 9.64 Å². The van der Waals surface area contributed by atoms with Crippen molar-refractivity contribution in [1.29, 1.82) is 0 Å². The number of ether oxygens (including phenoxy) is 1. The van der Waals surface area contributed by atoms with E-state index in [0.29, 0.717) is 11.7 Å². The lowest BCUT2D eigenvalue weighted by atomic mass is 9.89. The minimum atomic E-state index is -0.279. The molecule has 4 heteroatoms. The molecule has 0 amide bonds. The molecule has 0 aliphatic carbocycles. The summed E-state index contributed by atoms with van der Waals surface area (Å²) in [5, 5.41) is 0. The Morgan fingerprint density at radius 3 is 2.32 bits per heavy atom. The second kappa shape index (κ2) is 6.60. The van der Waals surface area contributed by atoms with Crippen LogP contribution in [-0.2, 0) is 4.79 Å². The van der Waals surface area contributed by atoms with Crippen LogP contribution >= 0.6 is 0 Å². The summed E-state index contributed by atoms with van der Waals surface area (Å²) in [5.74, 6) is 0.911. The van der Waals surface area contributed by atoms with Crippen molar-refractivity contribution in [1.82, 2.24) is 4.98 Å². The maximum Gasteiger partial charge on any atom is 0.308 e. The van der Waals surface area contributed by atoms with Crippen LogP contribution in [0.25, 0.3) is 0 Å². The number of anilines is 1. The summed E-state index contributed by atoms with van der Waals surface area (Å²) < 4.78 is 5.08. The first kappa shape index (κ1) is 14.6. The molecule has 4 nitrogen and oxygen atoms in total. The molecule has 0 bridgehead atoms. The van der Waals surface area contributed by atoms with Gasteiger partial charge in [-0.25, -0.2) is 0 Å². The number of hydrogen-bond acceptors (Lipinski definition) is 4. The fourth-order valence-electron chi connectivity index (χ4n) is 3.00. The number of hydrogen-bond donors (Lipinski definition) is 0. The zero-order valence-electron chi connectivity index (χ0n) is 12.7. The third kappa shape index (κ3) is 3.45. The average Bonchev–Trinajstić information content (AvgIpc) is 2.56. The van der Waals surface area contributed by atoms with Gasteiger partial charge >= 0.3 is 5.97 Å². The highest BCUT2D eigenvalue weighted by atomic mass is 16.5. The second-order valence-corrected chi connectivity index (χ2v) is 5.63. The zero-order chi connectivity index (χ0) is 15.4. The SMILES string of the molecule is CC(=O)Oc1ccc(C2CCN(c3ccncc3)CC2)cc1. The van der Waals surface area contributed by atoms with E-state index in [1.165, 1.54) is 18.2 Å². The van der Waals surface area contributed by atoms with E-state index in [2.05, 4.69) is 34.1 Å². The molecule has 0 unspecified atom stereocenters. The van der Waals surface area contributed by atoms with Gasteiger partial charge in [-0.2, -0.15) is 0 Å². The Labute approximate surface area is 130 Å². The quantitative estimate of drug-likeness (QED) is 0.643. The lowest BCUT2D eigenvalue weighted by Gasteiger charge is -2.33. The van der Waals surface area contributed by atoms with Crippen LogP contribution < -0.4 is 9.64 Å². The molecule has 2 heterocycles. The Bertz CT molecular complexity index is 617. The van der Waals surface area contributed by atoms with Gasteiger partial charge in [-0.3, -0.25) is 9.78 Å². The summed E-state index contributed by atoms with van der Waals surface area (Å²) in [6.07, 6.45) is 5.95. The smallest absolute Gasteiger partial charge is 0.308 e. The van der Waals surface area contributed by atoms with E-state index >= 15 is 0 Å². The third-order valence-corrected chi connectivity index (χ3v) is 4.14. The maximum absolute atomic E-state index is 10.9.